The Kier molecular flexibility index (Phi) is 7.08. The quantitative estimate of drug-likeness (QED) is 0.337. The van der Waals surface area contributed by atoms with E-state index in [1.165, 1.54) is 0 Å². The fourth-order valence-corrected chi connectivity index (χ4v) is 3.31. The summed E-state index contributed by atoms with van der Waals surface area (Å²) in [6, 6.07) is 24.1. The van der Waals surface area contributed by atoms with Crippen LogP contribution in [0.4, 0.5) is 22.7 Å². The maximum absolute atomic E-state index is 4.59. The third kappa shape index (κ3) is 5.92. The number of aromatic nitrogens is 2. The third-order valence-corrected chi connectivity index (χ3v) is 5.29. The van der Waals surface area contributed by atoms with Gasteiger partial charge in [-0.25, -0.2) is 0 Å². The van der Waals surface area contributed by atoms with Gasteiger partial charge in [-0.2, -0.15) is 0 Å². The van der Waals surface area contributed by atoms with Gasteiger partial charge in [-0.15, -0.1) is 0 Å². The number of rotatable bonds is 7. The Morgan fingerprint density at radius 3 is 1.29 bits per heavy atom. The minimum Gasteiger partial charge on any atom is -0.378 e. The molecule has 2 aromatic heterocycles. The van der Waals surface area contributed by atoms with Crippen molar-refractivity contribution >= 4 is 35.2 Å². The first-order chi connectivity index (χ1) is 16.5. The van der Waals surface area contributed by atoms with Crippen molar-refractivity contribution in [2.75, 3.05) is 38.0 Å². The first-order valence-electron chi connectivity index (χ1n) is 11.0. The summed E-state index contributed by atoms with van der Waals surface area (Å²) in [6.45, 7) is 0. The summed E-state index contributed by atoms with van der Waals surface area (Å²) in [5.41, 5.74) is 7.59. The van der Waals surface area contributed by atoms with E-state index in [9.17, 15) is 0 Å². The van der Waals surface area contributed by atoms with Gasteiger partial charge < -0.3 is 9.80 Å². The van der Waals surface area contributed by atoms with Gasteiger partial charge in [0.15, 0.2) is 0 Å². The molecule has 0 atom stereocenters. The van der Waals surface area contributed by atoms with Gasteiger partial charge in [-0.05, 0) is 83.9 Å². The van der Waals surface area contributed by atoms with Crippen LogP contribution in [0.25, 0.3) is 11.4 Å². The molecule has 0 aliphatic carbocycles. The highest BCUT2D eigenvalue weighted by molar-refractivity contribution is 5.85. The molecule has 0 radical (unpaired) electrons. The summed E-state index contributed by atoms with van der Waals surface area (Å²) in [6.07, 6.45) is 7.25. The van der Waals surface area contributed by atoms with Gasteiger partial charge in [-0.1, -0.05) is 0 Å². The molecule has 0 aliphatic heterocycles. The van der Waals surface area contributed by atoms with Crippen molar-refractivity contribution in [2.45, 2.75) is 0 Å². The maximum atomic E-state index is 4.59. The monoisotopic (exact) mass is 448 g/mol. The number of anilines is 2. The third-order valence-electron chi connectivity index (χ3n) is 5.29. The van der Waals surface area contributed by atoms with Crippen LogP contribution in [0.2, 0.25) is 0 Å². The Morgan fingerprint density at radius 1 is 0.559 bits per heavy atom. The number of pyridine rings is 2. The molecule has 0 aliphatic rings. The van der Waals surface area contributed by atoms with Crippen LogP contribution < -0.4 is 9.80 Å². The van der Waals surface area contributed by atoms with E-state index in [4.69, 9.17) is 0 Å². The average molecular weight is 449 g/mol. The molecule has 2 heterocycles. The summed E-state index contributed by atoms with van der Waals surface area (Å²) in [5.74, 6) is 0. The lowest BCUT2D eigenvalue weighted by atomic mass is 10.1. The Labute approximate surface area is 201 Å². The van der Waals surface area contributed by atoms with Crippen molar-refractivity contribution in [1.29, 1.82) is 0 Å². The van der Waals surface area contributed by atoms with Gasteiger partial charge in [-0.3, -0.25) is 20.0 Å². The molecule has 170 valence electrons. The second-order valence-corrected chi connectivity index (χ2v) is 8.29. The molecule has 4 aromatic rings. The Bertz CT molecular complexity index is 1190. The first-order valence-corrected chi connectivity index (χ1v) is 11.0. The van der Waals surface area contributed by atoms with Gasteiger partial charge in [0.1, 0.15) is 0 Å². The molecule has 4 rings (SSSR count). The minimum atomic E-state index is 0.789. The van der Waals surface area contributed by atoms with E-state index in [2.05, 4.69) is 54.0 Å². The second-order valence-electron chi connectivity index (χ2n) is 8.29. The Morgan fingerprint density at radius 2 is 0.941 bits per heavy atom. The van der Waals surface area contributed by atoms with Crippen molar-refractivity contribution in [2.24, 2.45) is 9.98 Å². The number of benzene rings is 2. The lowest BCUT2D eigenvalue weighted by molar-refractivity contribution is 1.13. The Hall–Kier alpha value is -4.32. The van der Waals surface area contributed by atoms with Gasteiger partial charge >= 0.3 is 0 Å². The fraction of sp³-hybridized carbons (Fsp3) is 0.143. The maximum Gasteiger partial charge on any atom is 0.0892 e. The highest BCUT2D eigenvalue weighted by atomic mass is 15.1. The van der Waals surface area contributed by atoms with Crippen LogP contribution in [0.15, 0.2) is 95.2 Å². The number of hydrogen-bond donors (Lipinski definition) is 0. The lowest BCUT2D eigenvalue weighted by Gasteiger charge is -2.11. The first kappa shape index (κ1) is 22.9. The molecule has 6 nitrogen and oxygen atoms in total. The molecule has 0 amide bonds. The van der Waals surface area contributed by atoms with E-state index in [1.807, 2.05) is 89.2 Å². The number of hydrogen-bond acceptors (Lipinski definition) is 6. The second kappa shape index (κ2) is 10.5. The van der Waals surface area contributed by atoms with Crippen LogP contribution in [-0.4, -0.2) is 50.6 Å². The normalized spacial score (nSPS) is 11.3. The molecule has 6 heteroatoms. The van der Waals surface area contributed by atoms with Crippen LogP contribution in [0, 0.1) is 0 Å². The molecule has 34 heavy (non-hydrogen) atoms. The average Bonchev–Trinajstić information content (AvgIpc) is 2.87. The van der Waals surface area contributed by atoms with Crippen LogP contribution in [0.1, 0.15) is 11.1 Å². The Balaban J connectivity index is 1.49. The molecule has 0 fully saturated rings. The molecule has 0 N–H and O–H groups in total. The van der Waals surface area contributed by atoms with Crippen LogP contribution in [0.3, 0.4) is 0 Å². The van der Waals surface area contributed by atoms with Crippen molar-refractivity contribution < 1.29 is 0 Å². The smallest absolute Gasteiger partial charge is 0.0892 e. The van der Waals surface area contributed by atoms with Crippen LogP contribution >= 0.6 is 0 Å². The zero-order valence-corrected chi connectivity index (χ0v) is 19.9. The zero-order chi connectivity index (χ0) is 23.9. The molecular weight excluding hydrogens is 420 g/mol. The molecule has 2 aromatic carbocycles. The highest BCUT2D eigenvalue weighted by Gasteiger charge is 2.03. The standard InChI is InChI=1S/C28H28N6/c1-33(2)25-9-5-23(6-10-25)31-19-21-13-15-29-27(17-21)28-18-22(14-16-30-28)20-32-24-7-11-26(12-8-24)34(3)4/h5-20H,1-4H3. The van der Waals surface area contributed by atoms with Gasteiger partial charge in [0.25, 0.3) is 0 Å². The van der Waals surface area contributed by atoms with Crippen molar-refractivity contribution in [3.63, 3.8) is 0 Å². The van der Waals surface area contributed by atoms with E-state index in [1.54, 1.807) is 12.4 Å². The lowest BCUT2D eigenvalue weighted by Crippen LogP contribution is -2.07. The van der Waals surface area contributed by atoms with E-state index in [0.29, 0.717) is 0 Å². The van der Waals surface area contributed by atoms with Crippen molar-refractivity contribution in [3.8, 4) is 11.4 Å². The number of aliphatic imine (C=N–C) groups is 2. The SMILES string of the molecule is CN(C)c1ccc(N=Cc2ccnc(-c3cc(C=Nc4ccc(N(C)C)cc4)ccn3)c2)cc1. The van der Waals surface area contributed by atoms with E-state index in [0.717, 1.165) is 45.3 Å². The van der Waals surface area contributed by atoms with Crippen molar-refractivity contribution in [1.82, 2.24) is 9.97 Å². The molecule has 0 bridgehead atoms. The molecule has 0 saturated carbocycles. The van der Waals surface area contributed by atoms with Gasteiger partial charge in [0.2, 0.25) is 0 Å². The van der Waals surface area contributed by atoms with Gasteiger partial charge in [0.05, 0.1) is 22.8 Å². The molecular formula is C28H28N6. The number of nitrogens with zero attached hydrogens (tertiary/aromatic N) is 6. The predicted octanol–water partition coefficient (Wildman–Crippen LogP) is 5.78. The van der Waals surface area contributed by atoms with Crippen molar-refractivity contribution in [3.05, 3.63) is 96.3 Å². The highest BCUT2D eigenvalue weighted by Crippen LogP contribution is 2.21. The topological polar surface area (TPSA) is 57.0 Å². The zero-order valence-electron chi connectivity index (χ0n) is 19.9. The largest absolute Gasteiger partial charge is 0.378 e. The summed E-state index contributed by atoms with van der Waals surface area (Å²) in [5, 5.41) is 0. The van der Waals surface area contributed by atoms with Crippen LogP contribution in [-0.2, 0) is 0 Å². The van der Waals surface area contributed by atoms with Crippen LogP contribution in [0.5, 0.6) is 0 Å². The summed E-state index contributed by atoms with van der Waals surface area (Å²) < 4.78 is 0. The summed E-state index contributed by atoms with van der Waals surface area (Å²) >= 11 is 0. The molecule has 0 spiro atoms. The van der Waals surface area contributed by atoms with E-state index in [-0.39, 0.29) is 0 Å². The fourth-order valence-electron chi connectivity index (χ4n) is 3.31. The minimum absolute atomic E-state index is 0.789. The van der Waals surface area contributed by atoms with Gasteiger partial charge in [0, 0.05) is 64.4 Å². The molecule has 0 unspecified atom stereocenters. The predicted molar refractivity (Wildman–Crippen MR) is 144 cm³/mol. The van der Waals surface area contributed by atoms with E-state index < -0.39 is 0 Å². The summed E-state index contributed by atoms with van der Waals surface area (Å²) in [4.78, 5) is 22.3. The van der Waals surface area contributed by atoms with E-state index >= 15 is 0 Å². The molecule has 0 saturated heterocycles. The summed E-state index contributed by atoms with van der Waals surface area (Å²) in [7, 11) is 8.09.